The summed E-state index contributed by atoms with van der Waals surface area (Å²) < 4.78 is 1.52. The molecule has 0 saturated heterocycles. The van der Waals surface area contributed by atoms with Crippen molar-refractivity contribution in [3.8, 4) is 16.8 Å². The molecule has 39 heavy (non-hydrogen) atoms. The minimum atomic E-state index is -0.650. The van der Waals surface area contributed by atoms with Crippen LogP contribution in [0.15, 0.2) is 72.8 Å². The van der Waals surface area contributed by atoms with Crippen molar-refractivity contribution in [3.63, 3.8) is 0 Å². The molecule has 1 aromatic heterocycles. The molecule has 0 fully saturated rings. The Bertz CT molecular complexity index is 1560. The number of carbonyl (C=O) groups excluding carboxylic acids is 3. The lowest BCUT2D eigenvalue weighted by Gasteiger charge is -2.28. The fraction of sp³-hybridized carbons (Fsp3) is 0.200. The third-order valence-corrected chi connectivity index (χ3v) is 7.00. The zero-order valence-electron chi connectivity index (χ0n) is 22.1. The molecule has 198 valence electrons. The summed E-state index contributed by atoms with van der Waals surface area (Å²) >= 11 is 0. The van der Waals surface area contributed by atoms with Gasteiger partial charge in [0.2, 0.25) is 0 Å². The lowest BCUT2D eigenvalue weighted by atomic mass is 9.98. The molecule has 1 aliphatic heterocycles. The van der Waals surface area contributed by atoms with E-state index in [4.69, 9.17) is 5.73 Å². The van der Waals surface area contributed by atoms with E-state index in [1.165, 1.54) is 4.68 Å². The van der Waals surface area contributed by atoms with Gasteiger partial charge in [-0.05, 0) is 54.3 Å². The van der Waals surface area contributed by atoms with Gasteiger partial charge in [-0.15, -0.1) is 0 Å². The summed E-state index contributed by atoms with van der Waals surface area (Å²) in [5.74, 6) is -0.888. The summed E-state index contributed by atoms with van der Waals surface area (Å²) in [5, 5.41) is 7.08. The lowest BCUT2D eigenvalue weighted by Crippen LogP contribution is -2.39. The third-order valence-electron chi connectivity index (χ3n) is 7.00. The Kier molecular flexibility index (Phi) is 6.89. The van der Waals surface area contributed by atoms with E-state index in [0.717, 1.165) is 27.9 Å². The van der Waals surface area contributed by atoms with Crippen LogP contribution in [0.25, 0.3) is 16.8 Å². The molecular weight excluding hydrogens is 492 g/mol. The van der Waals surface area contributed by atoms with Crippen LogP contribution in [0.3, 0.4) is 0 Å². The highest BCUT2D eigenvalue weighted by molar-refractivity contribution is 6.09. The smallest absolute Gasteiger partial charge is 0.317 e. The van der Waals surface area contributed by atoms with E-state index in [-0.39, 0.29) is 17.6 Å². The van der Waals surface area contributed by atoms with Gasteiger partial charge in [0.1, 0.15) is 5.69 Å². The first kappa shape index (κ1) is 25.7. The highest BCUT2D eigenvalue weighted by Crippen LogP contribution is 2.31. The summed E-state index contributed by atoms with van der Waals surface area (Å²) in [6.45, 7) is 2.83. The molecule has 0 unspecified atom stereocenters. The van der Waals surface area contributed by atoms with Gasteiger partial charge < -0.3 is 20.9 Å². The highest BCUT2D eigenvalue weighted by atomic mass is 16.2. The number of benzene rings is 3. The predicted molar refractivity (Wildman–Crippen MR) is 150 cm³/mol. The summed E-state index contributed by atoms with van der Waals surface area (Å²) in [7, 11) is 3.36. The minimum Gasteiger partial charge on any atom is -0.364 e. The number of urea groups is 1. The maximum Gasteiger partial charge on any atom is 0.317 e. The second-order valence-corrected chi connectivity index (χ2v) is 9.61. The first-order chi connectivity index (χ1) is 18.8. The van der Waals surface area contributed by atoms with Crippen LogP contribution in [0.4, 0.5) is 10.5 Å². The molecule has 1 aliphatic rings. The molecule has 0 radical (unpaired) electrons. The molecule has 0 aliphatic carbocycles. The largest absolute Gasteiger partial charge is 0.364 e. The number of aryl methyl sites for hydroxylation is 1. The van der Waals surface area contributed by atoms with E-state index in [9.17, 15) is 14.4 Å². The number of aromatic nitrogens is 2. The molecule has 4 amide bonds. The number of hydrogen-bond donors (Lipinski definition) is 2. The Morgan fingerprint density at radius 2 is 1.67 bits per heavy atom. The van der Waals surface area contributed by atoms with Crippen molar-refractivity contribution in [2.24, 2.45) is 5.73 Å². The fourth-order valence-electron chi connectivity index (χ4n) is 4.96. The second-order valence-electron chi connectivity index (χ2n) is 9.61. The van der Waals surface area contributed by atoms with E-state index in [2.05, 4.69) is 10.4 Å². The summed E-state index contributed by atoms with van der Waals surface area (Å²) in [6.07, 6.45) is 0.460. The summed E-state index contributed by atoms with van der Waals surface area (Å²) in [6, 6.07) is 23.2. The first-order valence-corrected chi connectivity index (χ1v) is 12.7. The Morgan fingerprint density at radius 3 is 2.33 bits per heavy atom. The van der Waals surface area contributed by atoms with Crippen LogP contribution in [0.2, 0.25) is 0 Å². The van der Waals surface area contributed by atoms with Gasteiger partial charge in [-0.3, -0.25) is 9.59 Å². The van der Waals surface area contributed by atoms with Crippen LogP contribution in [-0.2, 0) is 13.0 Å². The SMILES string of the molecule is CNC(=O)N(C)Cc1ccccc1-c1ccc(N2CCc3c(C(N)=O)nn(-c4ccc(C)cc4)c3C2=O)cc1. The van der Waals surface area contributed by atoms with Crippen molar-refractivity contribution in [2.45, 2.75) is 19.9 Å². The van der Waals surface area contributed by atoms with Gasteiger partial charge in [-0.1, -0.05) is 54.1 Å². The van der Waals surface area contributed by atoms with Crippen LogP contribution in [0.1, 0.15) is 37.7 Å². The van der Waals surface area contributed by atoms with Gasteiger partial charge in [0, 0.05) is 38.4 Å². The molecular formula is C30H30N6O3. The van der Waals surface area contributed by atoms with Crippen molar-refractivity contribution in [2.75, 3.05) is 25.5 Å². The van der Waals surface area contributed by atoms with Gasteiger partial charge >= 0.3 is 6.03 Å². The number of rotatable bonds is 6. The number of nitrogens with two attached hydrogens (primary N) is 1. The van der Waals surface area contributed by atoms with E-state index >= 15 is 0 Å². The molecule has 5 rings (SSSR count). The summed E-state index contributed by atoms with van der Waals surface area (Å²) in [4.78, 5) is 41.3. The van der Waals surface area contributed by atoms with Crippen LogP contribution in [-0.4, -0.2) is 53.2 Å². The van der Waals surface area contributed by atoms with Crippen LogP contribution < -0.4 is 16.0 Å². The average Bonchev–Trinajstić information content (AvgIpc) is 3.35. The molecule has 0 atom stereocenters. The zero-order chi connectivity index (χ0) is 27.7. The number of primary amides is 1. The molecule has 3 N–H and O–H groups in total. The van der Waals surface area contributed by atoms with E-state index < -0.39 is 5.91 Å². The quantitative estimate of drug-likeness (QED) is 0.400. The Morgan fingerprint density at radius 1 is 1.00 bits per heavy atom. The topological polar surface area (TPSA) is 114 Å². The molecule has 0 spiro atoms. The van der Waals surface area contributed by atoms with Gasteiger partial charge in [0.25, 0.3) is 11.8 Å². The van der Waals surface area contributed by atoms with E-state index in [1.54, 1.807) is 23.9 Å². The van der Waals surface area contributed by atoms with E-state index in [0.29, 0.717) is 36.5 Å². The fourth-order valence-corrected chi connectivity index (χ4v) is 4.96. The molecule has 9 heteroatoms. The third kappa shape index (κ3) is 4.86. The number of amides is 4. The number of nitrogens with zero attached hydrogens (tertiary/aromatic N) is 4. The number of carbonyl (C=O) groups is 3. The van der Waals surface area contributed by atoms with Gasteiger partial charge in [-0.2, -0.15) is 5.10 Å². The van der Waals surface area contributed by atoms with Crippen molar-refractivity contribution >= 4 is 23.5 Å². The van der Waals surface area contributed by atoms with Crippen LogP contribution in [0.5, 0.6) is 0 Å². The molecule has 2 heterocycles. The summed E-state index contributed by atoms with van der Waals surface area (Å²) in [5.41, 5.74) is 12.2. The Hall–Kier alpha value is -4.92. The maximum atomic E-state index is 13.8. The first-order valence-electron chi connectivity index (χ1n) is 12.7. The van der Waals surface area contributed by atoms with E-state index in [1.807, 2.05) is 79.7 Å². The number of fused-ring (bicyclic) bond motifs is 1. The van der Waals surface area contributed by atoms with Crippen LogP contribution >= 0.6 is 0 Å². The zero-order valence-corrected chi connectivity index (χ0v) is 22.1. The number of hydrogen-bond acceptors (Lipinski definition) is 4. The Labute approximate surface area is 226 Å². The van der Waals surface area contributed by atoms with Gasteiger partial charge in [-0.25, -0.2) is 9.48 Å². The monoisotopic (exact) mass is 522 g/mol. The molecule has 0 saturated carbocycles. The second kappa shape index (κ2) is 10.4. The Balaban J connectivity index is 1.46. The molecule has 9 nitrogen and oxygen atoms in total. The van der Waals surface area contributed by atoms with Crippen LogP contribution in [0, 0.1) is 6.92 Å². The molecule has 4 aromatic rings. The normalized spacial score (nSPS) is 12.7. The van der Waals surface area contributed by atoms with Gasteiger partial charge in [0.15, 0.2) is 5.69 Å². The van der Waals surface area contributed by atoms with Crippen molar-refractivity contribution in [1.82, 2.24) is 20.0 Å². The number of anilines is 1. The maximum absolute atomic E-state index is 13.8. The van der Waals surface area contributed by atoms with Crippen molar-refractivity contribution in [1.29, 1.82) is 0 Å². The average molecular weight is 523 g/mol. The van der Waals surface area contributed by atoms with Gasteiger partial charge in [0.05, 0.1) is 5.69 Å². The highest BCUT2D eigenvalue weighted by Gasteiger charge is 2.34. The molecule has 0 bridgehead atoms. The standard InChI is InChI=1S/C30H30N6O3/c1-19-8-12-23(13-9-19)36-27-25(26(33-36)28(31)37)16-17-35(29(27)38)22-14-10-20(11-15-22)24-7-5-4-6-21(24)18-34(3)30(39)32-2/h4-15H,16-18H2,1-3H3,(H2,31,37)(H,32,39). The molecule has 3 aromatic carbocycles. The van der Waals surface area contributed by atoms with Crippen molar-refractivity contribution in [3.05, 3.63) is 101 Å². The number of nitrogens with one attached hydrogen (secondary N) is 1. The lowest BCUT2D eigenvalue weighted by molar-refractivity contribution is 0.0972. The van der Waals surface area contributed by atoms with Crippen molar-refractivity contribution < 1.29 is 14.4 Å². The minimum absolute atomic E-state index is 0.132. The predicted octanol–water partition coefficient (Wildman–Crippen LogP) is 3.92.